The topological polar surface area (TPSA) is 114 Å². The Morgan fingerprint density at radius 1 is 1.17 bits per heavy atom. The molecule has 8 nitrogen and oxygen atoms in total. The van der Waals surface area contributed by atoms with E-state index in [0.717, 1.165) is 11.1 Å². The van der Waals surface area contributed by atoms with Crippen molar-refractivity contribution < 1.29 is 4.39 Å². The minimum atomic E-state index is -0.325. The summed E-state index contributed by atoms with van der Waals surface area (Å²) in [5.41, 5.74) is 7.05. The predicted octanol–water partition coefficient (Wildman–Crippen LogP) is 3.48. The van der Waals surface area contributed by atoms with Crippen molar-refractivity contribution in [3.05, 3.63) is 51.6 Å². The van der Waals surface area contributed by atoms with Crippen molar-refractivity contribution in [1.82, 2.24) is 24.9 Å². The number of benzene rings is 1. The molecule has 11 heteroatoms. The second-order valence-corrected chi connectivity index (χ2v) is 8.90. The van der Waals surface area contributed by atoms with E-state index < -0.39 is 0 Å². The largest absolute Gasteiger partial charge is 0.368 e. The number of thiophene rings is 1. The number of aromatic nitrogens is 5. The fourth-order valence-electron chi connectivity index (χ4n) is 2.83. The van der Waals surface area contributed by atoms with Gasteiger partial charge in [-0.25, -0.2) is 9.37 Å². The molecular formula is C19H18FN7OS2. The zero-order valence-electron chi connectivity index (χ0n) is 16.4. The van der Waals surface area contributed by atoms with E-state index in [-0.39, 0.29) is 22.6 Å². The number of nitrogens with one attached hydrogen (secondary N) is 1. The quantitative estimate of drug-likeness (QED) is 0.356. The predicted molar refractivity (Wildman–Crippen MR) is 118 cm³/mol. The molecule has 0 bridgehead atoms. The molecule has 0 amide bonds. The minimum absolute atomic E-state index is 0.134. The summed E-state index contributed by atoms with van der Waals surface area (Å²) in [6.45, 7) is 1.90. The van der Waals surface area contributed by atoms with Crippen LogP contribution in [0.2, 0.25) is 0 Å². The molecule has 4 rings (SSSR count). The van der Waals surface area contributed by atoms with Gasteiger partial charge in [-0.1, -0.05) is 23.9 Å². The molecule has 4 aromatic rings. The molecule has 0 saturated heterocycles. The van der Waals surface area contributed by atoms with E-state index in [2.05, 4.69) is 24.9 Å². The summed E-state index contributed by atoms with van der Waals surface area (Å²) in [5, 5.41) is 2.58. The van der Waals surface area contributed by atoms with E-state index in [1.165, 1.54) is 35.2 Å². The Morgan fingerprint density at radius 3 is 2.60 bits per heavy atom. The number of hydrogen-bond acceptors (Lipinski definition) is 9. The fourth-order valence-corrected chi connectivity index (χ4v) is 4.67. The van der Waals surface area contributed by atoms with Gasteiger partial charge in [0.15, 0.2) is 5.16 Å². The van der Waals surface area contributed by atoms with Crippen LogP contribution in [-0.2, 0) is 0 Å². The normalized spacial score (nSPS) is 12.3. The summed E-state index contributed by atoms with van der Waals surface area (Å²) in [6.07, 6.45) is 0. The van der Waals surface area contributed by atoms with Crippen LogP contribution in [0.3, 0.4) is 0 Å². The molecule has 3 N–H and O–H groups in total. The number of nitrogen functional groups attached to an aromatic ring is 1. The van der Waals surface area contributed by atoms with Gasteiger partial charge in [0.2, 0.25) is 11.9 Å². The average molecular weight is 444 g/mol. The lowest BCUT2D eigenvalue weighted by Gasteiger charge is -2.14. The van der Waals surface area contributed by atoms with Crippen LogP contribution in [0.1, 0.15) is 18.0 Å². The smallest absolute Gasteiger partial charge is 0.260 e. The molecule has 1 atom stereocenters. The Balaban J connectivity index is 1.66. The van der Waals surface area contributed by atoms with Gasteiger partial charge in [-0.05, 0) is 24.6 Å². The molecule has 0 saturated carbocycles. The molecule has 0 aliphatic carbocycles. The summed E-state index contributed by atoms with van der Waals surface area (Å²) in [5.74, 6) is 0.769. The van der Waals surface area contributed by atoms with Crippen LogP contribution in [-0.4, -0.2) is 39.0 Å². The van der Waals surface area contributed by atoms with Gasteiger partial charge in [0.05, 0.1) is 10.6 Å². The van der Waals surface area contributed by atoms with Gasteiger partial charge in [-0.2, -0.15) is 15.0 Å². The first kappa shape index (κ1) is 20.2. The highest BCUT2D eigenvalue weighted by Gasteiger charge is 2.18. The van der Waals surface area contributed by atoms with Gasteiger partial charge in [0, 0.05) is 25.0 Å². The van der Waals surface area contributed by atoms with Crippen molar-refractivity contribution in [2.45, 2.75) is 17.3 Å². The second kappa shape index (κ2) is 8.00. The molecule has 0 aliphatic rings. The molecule has 0 unspecified atom stereocenters. The number of halogens is 1. The maximum Gasteiger partial charge on any atom is 0.260 e. The van der Waals surface area contributed by atoms with E-state index in [4.69, 9.17) is 5.73 Å². The number of aromatic amines is 1. The number of nitrogens with zero attached hydrogens (tertiary/aromatic N) is 5. The summed E-state index contributed by atoms with van der Waals surface area (Å²) < 4.78 is 13.2. The van der Waals surface area contributed by atoms with E-state index in [1.54, 1.807) is 17.0 Å². The molecule has 30 heavy (non-hydrogen) atoms. The first-order valence-electron chi connectivity index (χ1n) is 8.94. The highest BCUT2D eigenvalue weighted by atomic mass is 32.2. The SMILES string of the molecule is C[C@@H](Sc1nc2scc(-c3ccc(F)cc3)c2c(=O)[nH]1)c1nc(N)nc(N(C)C)n1. The fraction of sp³-hybridized carbons (Fsp3) is 0.211. The van der Waals surface area contributed by atoms with Crippen molar-refractivity contribution in [3.63, 3.8) is 0 Å². The lowest BCUT2D eigenvalue weighted by molar-refractivity contribution is 0.628. The molecule has 0 fully saturated rings. The Hall–Kier alpha value is -3.05. The van der Waals surface area contributed by atoms with E-state index in [0.29, 0.717) is 27.1 Å². The van der Waals surface area contributed by atoms with E-state index in [9.17, 15) is 9.18 Å². The van der Waals surface area contributed by atoms with Gasteiger partial charge >= 0.3 is 0 Å². The molecular weight excluding hydrogens is 425 g/mol. The monoisotopic (exact) mass is 443 g/mol. The minimum Gasteiger partial charge on any atom is -0.368 e. The van der Waals surface area contributed by atoms with Gasteiger partial charge < -0.3 is 15.6 Å². The Labute approximate surface area is 179 Å². The van der Waals surface area contributed by atoms with Crippen molar-refractivity contribution in [2.24, 2.45) is 0 Å². The van der Waals surface area contributed by atoms with Crippen LogP contribution in [0, 0.1) is 5.82 Å². The number of H-pyrrole nitrogens is 1. The molecule has 0 radical (unpaired) electrons. The summed E-state index contributed by atoms with van der Waals surface area (Å²) in [6, 6.07) is 6.03. The Bertz CT molecular complexity index is 1270. The van der Waals surface area contributed by atoms with E-state index >= 15 is 0 Å². The third kappa shape index (κ3) is 3.98. The summed E-state index contributed by atoms with van der Waals surface area (Å²) in [7, 11) is 3.64. The number of thioether (sulfide) groups is 1. The molecule has 1 aromatic carbocycles. The average Bonchev–Trinajstić information content (AvgIpc) is 3.12. The highest BCUT2D eigenvalue weighted by Crippen LogP contribution is 2.35. The number of fused-ring (bicyclic) bond motifs is 1. The van der Waals surface area contributed by atoms with Crippen molar-refractivity contribution in [3.8, 4) is 11.1 Å². The molecule has 0 aliphatic heterocycles. The highest BCUT2D eigenvalue weighted by molar-refractivity contribution is 7.99. The molecule has 0 spiro atoms. The third-order valence-corrected chi connectivity index (χ3v) is 6.14. The number of rotatable bonds is 5. The van der Waals surface area contributed by atoms with Gasteiger partial charge in [-0.3, -0.25) is 4.79 Å². The maximum absolute atomic E-state index is 13.2. The molecule has 3 aromatic heterocycles. The van der Waals surface area contributed by atoms with Crippen molar-refractivity contribution in [2.75, 3.05) is 24.7 Å². The van der Waals surface area contributed by atoms with Gasteiger partial charge in [0.25, 0.3) is 5.56 Å². The lowest BCUT2D eigenvalue weighted by Crippen LogP contribution is -2.16. The van der Waals surface area contributed by atoms with E-state index in [1.807, 2.05) is 26.4 Å². The van der Waals surface area contributed by atoms with Crippen molar-refractivity contribution >= 4 is 45.2 Å². The zero-order valence-corrected chi connectivity index (χ0v) is 18.0. The first-order valence-corrected chi connectivity index (χ1v) is 10.7. The molecule has 154 valence electrons. The van der Waals surface area contributed by atoms with Gasteiger partial charge in [-0.15, -0.1) is 11.3 Å². The Kier molecular flexibility index (Phi) is 5.39. The number of nitrogens with two attached hydrogens (primary N) is 1. The summed E-state index contributed by atoms with van der Waals surface area (Å²) >= 11 is 2.69. The van der Waals surface area contributed by atoms with Crippen LogP contribution < -0.4 is 16.2 Å². The summed E-state index contributed by atoms with van der Waals surface area (Å²) in [4.78, 5) is 35.3. The van der Waals surface area contributed by atoms with Crippen LogP contribution >= 0.6 is 23.1 Å². The molecule has 3 heterocycles. The van der Waals surface area contributed by atoms with Crippen LogP contribution in [0.15, 0.2) is 39.6 Å². The lowest BCUT2D eigenvalue weighted by atomic mass is 10.1. The van der Waals surface area contributed by atoms with Crippen LogP contribution in [0.5, 0.6) is 0 Å². The Morgan fingerprint density at radius 2 is 1.90 bits per heavy atom. The van der Waals surface area contributed by atoms with Gasteiger partial charge in [0.1, 0.15) is 16.5 Å². The third-order valence-electron chi connectivity index (χ3n) is 4.29. The maximum atomic E-state index is 13.2. The zero-order chi connectivity index (χ0) is 21.4. The number of hydrogen-bond donors (Lipinski definition) is 2. The van der Waals surface area contributed by atoms with Crippen LogP contribution in [0.4, 0.5) is 16.3 Å². The van der Waals surface area contributed by atoms with Crippen LogP contribution in [0.25, 0.3) is 21.3 Å². The standard InChI is InChI=1S/C19H18FN7OS2/c1-9(14-22-17(21)26-18(23-14)27(2)3)30-19-24-15(28)13-12(8-29-16(13)25-19)10-4-6-11(20)7-5-10/h4-9H,1-3H3,(H,24,25,28)(H2,21,22,23,26)/t9-/m1/s1. The number of anilines is 2. The first-order chi connectivity index (χ1) is 14.3. The second-order valence-electron chi connectivity index (χ2n) is 6.71. The van der Waals surface area contributed by atoms with Crippen molar-refractivity contribution in [1.29, 1.82) is 0 Å².